The van der Waals surface area contributed by atoms with Gasteiger partial charge in [0.25, 0.3) is 0 Å². The van der Waals surface area contributed by atoms with E-state index in [9.17, 15) is 0 Å². The standard InChI is InChI=1S/C47H32N2O/c1-5-16-33(17-6-1)34-28-30-36(31-29-34)43-32-42(35-18-7-2-8-19-35)48-46(49-43)39-24-15-26-41-45(39)50-44-27-14-13-25-40(44)47(41,37-20-9-3-10-21-37)38-22-11-4-12-23-38/h1-32H. The monoisotopic (exact) mass is 640 g/mol. The van der Waals surface area contributed by atoms with Crippen molar-refractivity contribution in [3.8, 4) is 56.5 Å². The predicted octanol–water partition coefficient (Wildman–Crippen LogP) is 11.6. The first-order valence-corrected chi connectivity index (χ1v) is 16.9. The highest BCUT2D eigenvalue weighted by molar-refractivity contribution is 5.80. The summed E-state index contributed by atoms with van der Waals surface area (Å²) in [6.07, 6.45) is 0. The fourth-order valence-electron chi connectivity index (χ4n) is 7.34. The van der Waals surface area contributed by atoms with Crippen LogP contribution in [-0.4, -0.2) is 9.97 Å². The molecule has 0 bridgehead atoms. The first kappa shape index (κ1) is 29.6. The van der Waals surface area contributed by atoms with Crippen molar-refractivity contribution in [1.82, 2.24) is 9.97 Å². The maximum atomic E-state index is 6.94. The summed E-state index contributed by atoms with van der Waals surface area (Å²) in [6, 6.07) is 67.7. The number of hydrogen-bond acceptors (Lipinski definition) is 3. The lowest BCUT2D eigenvalue weighted by atomic mass is 9.63. The van der Waals surface area contributed by atoms with Crippen molar-refractivity contribution in [2.75, 3.05) is 0 Å². The van der Waals surface area contributed by atoms with Crippen molar-refractivity contribution in [1.29, 1.82) is 0 Å². The first-order valence-electron chi connectivity index (χ1n) is 16.9. The van der Waals surface area contributed by atoms with Crippen LogP contribution in [0.3, 0.4) is 0 Å². The summed E-state index contributed by atoms with van der Waals surface area (Å²) in [5, 5.41) is 0. The van der Waals surface area contributed by atoms with Gasteiger partial charge in [0.1, 0.15) is 11.5 Å². The molecule has 0 fully saturated rings. The molecule has 0 saturated carbocycles. The van der Waals surface area contributed by atoms with Gasteiger partial charge >= 0.3 is 0 Å². The molecule has 0 spiro atoms. The fraction of sp³-hybridized carbons (Fsp3) is 0.0213. The molecule has 0 radical (unpaired) electrons. The van der Waals surface area contributed by atoms with Gasteiger partial charge in [-0.25, -0.2) is 9.97 Å². The van der Waals surface area contributed by atoms with E-state index >= 15 is 0 Å². The predicted molar refractivity (Wildman–Crippen MR) is 202 cm³/mol. The second-order valence-electron chi connectivity index (χ2n) is 12.5. The molecule has 3 nitrogen and oxygen atoms in total. The third kappa shape index (κ3) is 4.99. The molecule has 1 aliphatic heterocycles. The Labute approximate surface area is 292 Å². The van der Waals surface area contributed by atoms with E-state index in [0.717, 1.165) is 56.3 Å². The van der Waals surface area contributed by atoms with E-state index in [0.29, 0.717) is 5.82 Å². The molecule has 2 heterocycles. The molecule has 9 rings (SSSR count). The van der Waals surface area contributed by atoms with Crippen molar-refractivity contribution >= 4 is 0 Å². The summed E-state index contributed by atoms with van der Waals surface area (Å²) in [4.78, 5) is 10.5. The van der Waals surface area contributed by atoms with Crippen molar-refractivity contribution in [3.05, 3.63) is 216 Å². The molecule has 3 heteroatoms. The Kier molecular flexibility index (Phi) is 7.37. The minimum atomic E-state index is -0.629. The molecule has 8 aromatic rings. The van der Waals surface area contributed by atoms with Crippen molar-refractivity contribution in [3.63, 3.8) is 0 Å². The lowest BCUT2D eigenvalue weighted by Gasteiger charge is -2.42. The topological polar surface area (TPSA) is 35.0 Å². The van der Waals surface area contributed by atoms with Gasteiger partial charge in [-0.15, -0.1) is 0 Å². The largest absolute Gasteiger partial charge is 0.456 e. The van der Waals surface area contributed by atoms with Gasteiger partial charge in [-0.2, -0.15) is 0 Å². The van der Waals surface area contributed by atoms with Crippen LogP contribution in [0, 0.1) is 0 Å². The van der Waals surface area contributed by atoms with E-state index in [1.165, 1.54) is 16.7 Å². The number of hydrogen-bond donors (Lipinski definition) is 0. The molecular formula is C47H32N2O. The third-order valence-corrected chi connectivity index (χ3v) is 9.66. The Morgan fingerprint density at radius 3 is 1.46 bits per heavy atom. The summed E-state index contributed by atoms with van der Waals surface area (Å²) in [5.74, 6) is 2.19. The van der Waals surface area contributed by atoms with Crippen molar-refractivity contribution in [2.24, 2.45) is 0 Å². The molecule has 7 aromatic carbocycles. The van der Waals surface area contributed by atoms with Crippen LogP contribution >= 0.6 is 0 Å². The van der Waals surface area contributed by atoms with E-state index in [2.05, 4.69) is 164 Å². The van der Waals surface area contributed by atoms with Crippen molar-refractivity contribution in [2.45, 2.75) is 5.41 Å². The quantitative estimate of drug-likeness (QED) is 0.181. The van der Waals surface area contributed by atoms with Crippen LogP contribution in [0.5, 0.6) is 11.5 Å². The first-order chi connectivity index (χ1) is 24.8. The van der Waals surface area contributed by atoms with Gasteiger partial charge in [0.15, 0.2) is 5.82 Å². The van der Waals surface area contributed by atoms with Gasteiger partial charge < -0.3 is 4.74 Å². The summed E-state index contributed by atoms with van der Waals surface area (Å²) >= 11 is 0. The van der Waals surface area contributed by atoms with Crippen LogP contribution < -0.4 is 4.74 Å². The normalized spacial score (nSPS) is 12.7. The van der Waals surface area contributed by atoms with Crippen LogP contribution in [0.25, 0.3) is 45.0 Å². The van der Waals surface area contributed by atoms with Gasteiger partial charge in [0.05, 0.1) is 22.4 Å². The maximum absolute atomic E-state index is 6.94. The molecule has 50 heavy (non-hydrogen) atoms. The SMILES string of the molecule is c1ccc(-c2ccc(-c3cc(-c4ccccc4)nc(-c4cccc5c4Oc4ccccc4C5(c4ccccc4)c4ccccc4)n3)cc2)cc1. The van der Waals surface area contributed by atoms with Crippen LogP contribution in [0.2, 0.25) is 0 Å². The highest BCUT2D eigenvalue weighted by Gasteiger charge is 2.46. The molecular weight excluding hydrogens is 609 g/mol. The summed E-state index contributed by atoms with van der Waals surface area (Å²) in [6.45, 7) is 0. The zero-order valence-electron chi connectivity index (χ0n) is 27.3. The van der Waals surface area contributed by atoms with Gasteiger partial charge in [0, 0.05) is 22.3 Å². The summed E-state index contributed by atoms with van der Waals surface area (Å²) in [7, 11) is 0. The van der Waals surface area contributed by atoms with Crippen LogP contribution in [0.1, 0.15) is 22.3 Å². The summed E-state index contributed by atoms with van der Waals surface area (Å²) < 4.78 is 6.94. The minimum Gasteiger partial charge on any atom is -0.456 e. The zero-order valence-corrected chi connectivity index (χ0v) is 27.3. The highest BCUT2D eigenvalue weighted by atomic mass is 16.5. The third-order valence-electron chi connectivity index (χ3n) is 9.66. The number of nitrogens with zero attached hydrogens (tertiary/aromatic N) is 2. The van der Waals surface area contributed by atoms with Crippen molar-refractivity contribution < 1.29 is 4.74 Å². The van der Waals surface area contributed by atoms with Gasteiger partial charge in [0.2, 0.25) is 0 Å². The Morgan fingerprint density at radius 2 is 0.840 bits per heavy atom. The van der Waals surface area contributed by atoms with Gasteiger partial charge in [-0.1, -0.05) is 176 Å². The number of aromatic nitrogens is 2. The second-order valence-corrected chi connectivity index (χ2v) is 12.5. The van der Waals surface area contributed by atoms with Crippen LogP contribution in [-0.2, 0) is 5.41 Å². The van der Waals surface area contributed by atoms with E-state index in [1.54, 1.807) is 0 Å². The molecule has 0 aliphatic carbocycles. The van der Waals surface area contributed by atoms with E-state index in [-0.39, 0.29) is 0 Å². The molecule has 0 atom stereocenters. The minimum absolute atomic E-state index is 0.611. The number of ether oxygens (including phenoxy) is 1. The number of fused-ring (bicyclic) bond motifs is 2. The maximum Gasteiger partial charge on any atom is 0.164 e. The molecule has 0 N–H and O–H groups in total. The second kappa shape index (κ2) is 12.5. The molecule has 0 saturated heterocycles. The lowest BCUT2D eigenvalue weighted by molar-refractivity contribution is 0.436. The highest BCUT2D eigenvalue weighted by Crippen LogP contribution is 2.57. The number of rotatable bonds is 6. The van der Waals surface area contributed by atoms with E-state index in [4.69, 9.17) is 14.7 Å². The molecule has 236 valence electrons. The Bertz CT molecular complexity index is 2390. The van der Waals surface area contributed by atoms with Crippen LogP contribution in [0.15, 0.2) is 194 Å². The van der Waals surface area contributed by atoms with Gasteiger partial charge in [-0.3, -0.25) is 0 Å². The number of benzene rings is 7. The molecule has 1 aromatic heterocycles. The molecule has 0 amide bonds. The number of para-hydroxylation sites is 2. The van der Waals surface area contributed by atoms with Crippen LogP contribution in [0.4, 0.5) is 0 Å². The smallest absolute Gasteiger partial charge is 0.164 e. The average molecular weight is 641 g/mol. The zero-order chi connectivity index (χ0) is 33.3. The van der Waals surface area contributed by atoms with E-state index < -0.39 is 5.41 Å². The lowest BCUT2D eigenvalue weighted by Crippen LogP contribution is -2.34. The Balaban J connectivity index is 1.28. The van der Waals surface area contributed by atoms with Gasteiger partial charge in [-0.05, 0) is 40.5 Å². The summed E-state index contributed by atoms with van der Waals surface area (Å²) in [5.41, 5.74) is 10.8. The Hall–Kier alpha value is -6.58. The molecule has 0 unspecified atom stereocenters. The Morgan fingerprint density at radius 1 is 0.380 bits per heavy atom. The average Bonchev–Trinajstić information content (AvgIpc) is 3.21. The van der Waals surface area contributed by atoms with E-state index in [1.807, 2.05) is 30.3 Å². The molecule has 1 aliphatic rings. The fourth-order valence-corrected chi connectivity index (χ4v) is 7.34.